The smallest absolute Gasteiger partial charge is 0.277 e. The first-order chi connectivity index (χ1) is 12.7. The van der Waals surface area contributed by atoms with Crippen molar-refractivity contribution in [1.29, 1.82) is 0 Å². The van der Waals surface area contributed by atoms with Crippen molar-refractivity contribution < 1.29 is 13.9 Å². The van der Waals surface area contributed by atoms with Crippen LogP contribution in [0.5, 0.6) is 5.75 Å². The average molecular weight is 368 g/mol. The van der Waals surface area contributed by atoms with Gasteiger partial charge >= 0.3 is 0 Å². The van der Waals surface area contributed by atoms with E-state index in [4.69, 9.17) is 9.15 Å². The molecule has 0 aliphatic carbocycles. The Morgan fingerprint density at radius 2 is 1.73 bits per heavy atom. The number of methoxy groups -OCH3 is 1. The molecule has 0 unspecified atom stereocenters. The predicted octanol–water partition coefficient (Wildman–Crippen LogP) is 4.21. The standard InChI is InChI=1S/C20H20N2O3S/c1-3-14-4-8-16(9-5-14)18(23)13-26-20-22-21-19(25-20)12-15-6-10-17(24-2)11-7-15/h4-11H,3,12-13H2,1-2H3. The van der Waals surface area contributed by atoms with E-state index in [9.17, 15) is 4.79 Å². The van der Waals surface area contributed by atoms with Crippen LogP contribution in [-0.4, -0.2) is 28.8 Å². The number of ether oxygens (including phenoxy) is 1. The van der Waals surface area contributed by atoms with Crippen molar-refractivity contribution in [2.75, 3.05) is 12.9 Å². The number of benzene rings is 2. The SMILES string of the molecule is CCc1ccc(C(=O)CSc2nnc(Cc3ccc(OC)cc3)o2)cc1. The van der Waals surface area contributed by atoms with Crippen LogP contribution in [0.25, 0.3) is 0 Å². The molecule has 5 nitrogen and oxygen atoms in total. The maximum atomic E-state index is 12.3. The first-order valence-corrected chi connectivity index (χ1v) is 9.36. The normalized spacial score (nSPS) is 10.7. The molecule has 1 aromatic heterocycles. The van der Waals surface area contributed by atoms with Gasteiger partial charge in [-0.2, -0.15) is 0 Å². The molecule has 0 N–H and O–H groups in total. The first-order valence-electron chi connectivity index (χ1n) is 8.38. The fourth-order valence-electron chi connectivity index (χ4n) is 2.42. The monoisotopic (exact) mass is 368 g/mol. The molecule has 0 bridgehead atoms. The Morgan fingerprint density at radius 3 is 2.38 bits per heavy atom. The molecule has 0 atom stereocenters. The van der Waals surface area contributed by atoms with Crippen LogP contribution in [0.3, 0.4) is 0 Å². The minimum Gasteiger partial charge on any atom is -0.497 e. The average Bonchev–Trinajstić information content (AvgIpc) is 3.14. The van der Waals surface area contributed by atoms with Crippen LogP contribution in [-0.2, 0) is 12.8 Å². The maximum Gasteiger partial charge on any atom is 0.277 e. The van der Waals surface area contributed by atoms with Crippen LogP contribution in [0.1, 0.15) is 34.3 Å². The molecule has 134 valence electrons. The van der Waals surface area contributed by atoms with Crippen LogP contribution < -0.4 is 4.74 Å². The lowest BCUT2D eigenvalue weighted by Gasteiger charge is -2.01. The molecule has 1 heterocycles. The van der Waals surface area contributed by atoms with Crippen molar-refractivity contribution in [2.24, 2.45) is 0 Å². The number of nitrogens with zero attached hydrogens (tertiary/aromatic N) is 2. The van der Waals surface area contributed by atoms with Gasteiger partial charge in [0.1, 0.15) is 5.75 Å². The van der Waals surface area contributed by atoms with Gasteiger partial charge in [-0.1, -0.05) is 55.1 Å². The topological polar surface area (TPSA) is 65.2 Å². The van der Waals surface area contributed by atoms with E-state index in [1.807, 2.05) is 48.5 Å². The number of aromatic nitrogens is 2. The molecule has 3 aromatic rings. The van der Waals surface area contributed by atoms with Gasteiger partial charge in [-0.05, 0) is 29.7 Å². The van der Waals surface area contributed by atoms with Gasteiger partial charge in [0.05, 0.1) is 19.3 Å². The number of hydrogen-bond donors (Lipinski definition) is 0. The van der Waals surface area contributed by atoms with E-state index in [2.05, 4.69) is 17.1 Å². The van der Waals surface area contributed by atoms with E-state index in [1.54, 1.807) is 7.11 Å². The number of ketones is 1. The molecular weight excluding hydrogens is 348 g/mol. The van der Waals surface area contributed by atoms with Gasteiger partial charge in [0.25, 0.3) is 5.22 Å². The molecule has 6 heteroatoms. The highest BCUT2D eigenvalue weighted by Crippen LogP contribution is 2.20. The summed E-state index contributed by atoms with van der Waals surface area (Å²) in [5.74, 6) is 1.65. The summed E-state index contributed by atoms with van der Waals surface area (Å²) in [6.45, 7) is 2.09. The van der Waals surface area contributed by atoms with Gasteiger partial charge in [-0.15, -0.1) is 10.2 Å². The zero-order valence-electron chi connectivity index (χ0n) is 14.8. The van der Waals surface area contributed by atoms with Crippen LogP contribution in [0, 0.1) is 0 Å². The first kappa shape index (κ1) is 18.2. The molecule has 0 aliphatic rings. The van der Waals surface area contributed by atoms with E-state index in [1.165, 1.54) is 17.3 Å². The van der Waals surface area contributed by atoms with Gasteiger partial charge in [0, 0.05) is 5.56 Å². The molecule has 0 saturated carbocycles. The van der Waals surface area contributed by atoms with Crippen molar-refractivity contribution >= 4 is 17.5 Å². The third kappa shape index (κ3) is 4.73. The van der Waals surface area contributed by atoms with E-state index in [-0.39, 0.29) is 11.5 Å². The Kier molecular flexibility index (Phi) is 6.07. The third-order valence-electron chi connectivity index (χ3n) is 3.97. The summed E-state index contributed by atoms with van der Waals surface area (Å²) in [5.41, 5.74) is 2.97. The molecule has 0 amide bonds. The molecule has 0 fully saturated rings. The summed E-state index contributed by atoms with van der Waals surface area (Å²) >= 11 is 1.26. The Morgan fingerprint density at radius 1 is 1.04 bits per heavy atom. The molecule has 0 radical (unpaired) electrons. The molecule has 0 saturated heterocycles. The van der Waals surface area contributed by atoms with Crippen molar-refractivity contribution in [3.63, 3.8) is 0 Å². The second-order valence-corrected chi connectivity index (χ2v) is 6.68. The Balaban J connectivity index is 1.54. The Bertz CT molecular complexity index is 858. The lowest BCUT2D eigenvalue weighted by molar-refractivity contribution is 0.102. The van der Waals surface area contributed by atoms with E-state index in [0.29, 0.717) is 23.1 Å². The Hall–Kier alpha value is -2.60. The lowest BCUT2D eigenvalue weighted by atomic mass is 10.1. The minimum atomic E-state index is 0.0487. The number of thioether (sulfide) groups is 1. The predicted molar refractivity (Wildman–Crippen MR) is 101 cm³/mol. The number of Topliss-reactive ketones (excluding diaryl/α,β-unsaturated/α-hetero) is 1. The van der Waals surface area contributed by atoms with Crippen LogP contribution in [0.15, 0.2) is 58.2 Å². The van der Waals surface area contributed by atoms with E-state index in [0.717, 1.165) is 17.7 Å². The number of carbonyl (C=O) groups is 1. The fraction of sp³-hybridized carbons (Fsp3) is 0.250. The minimum absolute atomic E-state index is 0.0487. The summed E-state index contributed by atoms with van der Waals surface area (Å²) in [5, 5.41) is 8.47. The highest BCUT2D eigenvalue weighted by molar-refractivity contribution is 7.99. The second kappa shape index (κ2) is 8.67. The molecular formula is C20H20N2O3S. The van der Waals surface area contributed by atoms with Gasteiger partial charge in [-0.25, -0.2) is 0 Å². The van der Waals surface area contributed by atoms with Crippen molar-refractivity contribution in [2.45, 2.75) is 25.0 Å². The third-order valence-corrected chi connectivity index (χ3v) is 4.79. The molecule has 0 aliphatic heterocycles. The number of hydrogen-bond acceptors (Lipinski definition) is 6. The summed E-state index contributed by atoms with van der Waals surface area (Å²) < 4.78 is 10.8. The van der Waals surface area contributed by atoms with Crippen molar-refractivity contribution in [1.82, 2.24) is 10.2 Å². The number of rotatable bonds is 8. The molecule has 26 heavy (non-hydrogen) atoms. The van der Waals surface area contributed by atoms with Gasteiger partial charge in [0.15, 0.2) is 5.78 Å². The maximum absolute atomic E-state index is 12.3. The summed E-state index contributed by atoms with van der Waals surface area (Å²) in [6, 6.07) is 15.4. The van der Waals surface area contributed by atoms with Gasteiger partial charge < -0.3 is 9.15 Å². The van der Waals surface area contributed by atoms with E-state index >= 15 is 0 Å². The summed E-state index contributed by atoms with van der Waals surface area (Å²) in [7, 11) is 1.63. The van der Waals surface area contributed by atoms with E-state index < -0.39 is 0 Å². The number of aryl methyl sites for hydroxylation is 1. The van der Waals surface area contributed by atoms with Crippen molar-refractivity contribution in [3.05, 3.63) is 71.1 Å². The quantitative estimate of drug-likeness (QED) is 0.438. The fourth-order valence-corrected chi connectivity index (χ4v) is 3.10. The van der Waals surface area contributed by atoms with Crippen LogP contribution >= 0.6 is 11.8 Å². The number of carbonyl (C=O) groups excluding carboxylic acids is 1. The molecule has 2 aromatic carbocycles. The van der Waals surface area contributed by atoms with Gasteiger partial charge in [0.2, 0.25) is 5.89 Å². The molecule has 3 rings (SSSR count). The zero-order valence-corrected chi connectivity index (χ0v) is 15.6. The summed E-state index contributed by atoms with van der Waals surface area (Å²) in [4.78, 5) is 12.3. The summed E-state index contributed by atoms with van der Waals surface area (Å²) in [6.07, 6.45) is 1.51. The lowest BCUT2D eigenvalue weighted by Crippen LogP contribution is -2.02. The highest BCUT2D eigenvalue weighted by atomic mass is 32.2. The van der Waals surface area contributed by atoms with Crippen LogP contribution in [0.2, 0.25) is 0 Å². The van der Waals surface area contributed by atoms with Crippen LogP contribution in [0.4, 0.5) is 0 Å². The second-order valence-electron chi connectivity index (χ2n) is 5.75. The highest BCUT2D eigenvalue weighted by Gasteiger charge is 2.12. The largest absolute Gasteiger partial charge is 0.497 e. The molecule has 0 spiro atoms. The van der Waals surface area contributed by atoms with Crippen molar-refractivity contribution in [3.8, 4) is 5.75 Å². The Labute approximate surface area is 156 Å². The van der Waals surface area contributed by atoms with Gasteiger partial charge in [-0.3, -0.25) is 4.79 Å². The zero-order chi connectivity index (χ0) is 18.4.